The minimum atomic E-state index is -0.359. The summed E-state index contributed by atoms with van der Waals surface area (Å²) in [6.45, 7) is 2.55. The average molecular weight is 332 g/mol. The zero-order chi connectivity index (χ0) is 17.5. The van der Waals surface area contributed by atoms with Gasteiger partial charge in [-0.15, -0.1) is 0 Å². The van der Waals surface area contributed by atoms with Crippen molar-refractivity contribution in [2.45, 2.75) is 71.1 Å². The first kappa shape index (κ1) is 20.3. The third-order valence-corrected chi connectivity index (χ3v) is 4.05. The Kier molecular flexibility index (Phi) is 11.5. The molecule has 1 aromatic rings. The van der Waals surface area contributed by atoms with Crippen LogP contribution in [-0.4, -0.2) is 17.7 Å². The van der Waals surface area contributed by atoms with Gasteiger partial charge in [0, 0.05) is 0 Å². The van der Waals surface area contributed by atoms with E-state index < -0.39 is 0 Å². The van der Waals surface area contributed by atoms with E-state index in [2.05, 4.69) is 13.0 Å². The second kappa shape index (κ2) is 13.6. The Bertz CT molecular complexity index is 462. The third kappa shape index (κ3) is 10.1. The van der Waals surface area contributed by atoms with E-state index in [1.165, 1.54) is 69.9 Å². The highest BCUT2D eigenvalue weighted by atomic mass is 16.5. The van der Waals surface area contributed by atoms with Crippen molar-refractivity contribution in [3.63, 3.8) is 0 Å². The van der Waals surface area contributed by atoms with Gasteiger partial charge in [0.15, 0.2) is 0 Å². The smallest absolute Gasteiger partial charge is 0.338 e. The number of ether oxygens (including phenoxy) is 1. The van der Waals surface area contributed by atoms with Crippen molar-refractivity contribution >= 4 is 5.97 Å². The quantitative estimate of drug-likeness (QED) is 0.273. The molecule has 0 aliphatic rings. The second-order valence-corrected chi connectivity index (χ2v) is 6.23. The minimum absolute atomic E-state index is 0.146. The molecule has 3 heteroatoms. The number of carbonyl (C=O) groups is 1. The fraction of sp³-hybridized carbons (Fsp3) is 0.571. The van der Waals surface area contributed by atoms with Crippen LogP contribution < -0.4 is 0 Å². The van der Waals surface area contributed by atoms with Gasteiger partial charge in [-0.05, 0) is 37.1 Å². The number of esters is 1. The van der Waals surface area contributed by atoms with Crippen LogP contribution in [0.2, 0.25) is 0 Å². The summed E-state index contributed by atoms with van der Waals surface area (Å²) in [7, 11) is 0. The largest absolute Gasteiger partial charge is 0.508 e. The number of phenolic OH excluding ortho intramolecular Hbond substituents is 1. The topological polar surface area (TPSA) is 46.5 Å². The van der Waals surface area contributed by atoms with Crippen LogP contribution in [0.5, 0.6) is 5.75 Å². The molecule has 0 bridgehead atoms. The first-order valence-corrected chi connectivity index (χ1v) is 9.35. The lowest BCUT2D eigenvalue weighted by Crippen LogP contribution is -2.04. The normalized spacial score (nSPS) is 11.0. The standard InChI is InChI=1S/C21H32O3/c1-2-3-4-5-6-7-8-9-10-11-12-13-18-24-21(23)19-14-16-20(22)17-15-19/h12-17,22H,2-11,18H2,1H3/b13-12+. The molecule has 0 atom stereocenters. The van der Waals surface area contributed by atoms with Crippen molar-refractivity contribution in [3.8, 4) is 5.75 Å². The molecule has 0 spiro atoms. The molecule has 134 valence electrons. The van der Waals surface area contributed by atoms with Crippen LogP contribution in [0.15, 0.2) is 36.4 Å². The third-order valence-electron chi connectivity index (χ3n) is 4.05. The fourth-order valence-electron chi connectivity index (χ4n) is 2.56. The number of phenols is 1. The summed E-state index contributed by atoms with van der Waals surface area (Å²) in [6.07, 6.45) is 17.1. The van der Waals surface area contributed by atoms with Crippen LogP contribution in [-0.2, 0) is 4.74 Å². The predicted octanol–water partition coefficient (Wildman–Crippen LogP) is 6.03. The number of benzene rings is 1. The van der Waals surface area contributed by atoms with Crippen molar-refractivity contribution in [1.29, 1.82) is 0 Å². The summed E-state index contributed by atoms with van der Waals surface area (Å²) < 4.78 is 5.15. The molecule has 0 unspecified atom stereocenters. The van der Waals surface area contributed by atoms with Gasteiger partial charge in [0.25, 0.3) is 0 Å². The zero-order valence-corrected chi connectivity index (χ0v) is 15.0. The summed E-state index contributed by atoms with van der Waals surface area (Å²) in [5.74, 6) is -0.213. The molecule has 0 amide bonds. The van der Waals surface area contributed by atoms with Crippen LogP contribution in [0.4, 0.5) is 0 Å². The second-order valence-electron chi connectivity index (χ2n) is 6.23. The van der Waals surface area contributed by atoms with Gasteiger partial charge in [-0.3, -0.25) is 0 Å². The minimum Gasteiger partial charge on any atom is -0.508 e. The van der Waals surface area contributed by atoms with Gasteiger partial charge in [0.1, 0.15) is 12.4 Å². The van der Waals surface area contributed by atoms with E-state index in [1.807, 2.05) is 6.08 Å². The van der Waals surface area contributed by atoms with E-state index in [1.54, 1.807) is 12.1 Å². The summed E-state index contributed by atoms with van der Waals surface area (Å²) in [5.41, 5.74) is 0.458. The molecule has 0 saturated carbocycles. The Morgan fingerprint density at radius 2 is 1.50 bits per heavy atom. The lowest BCUT2D eigenvalue weighted by Gasteiger charge is -2.02. The number of unbranched alkanes of at least 4 members (excludes halogenated alkanes) is 9. The number of aromatic hydroxyl groups is 1. The highest BCUT2D eigenvalue weighted by Crippen LogP contribution is 2.11. The first-order chi connectivity index (χ1) is 11.7. The molecule has 0 radical (unpaired) electrons. The Balaban J connectivity index is 1.94. The number of carbonyl (C=O) groups excluding carboxylic acids is 1. The summed E-state index contributed by atoms with van der Waals surface area (Å²) >= 11 is 0. The molecule has 1 N–H and O–H groups in total. The maximum atomic E-state index is 11.7. The van der Waals surface area contributed by atoms with Gasteiger partial charge in [-0.1, -0.05) is 70.4 Å². The number of hydrogen-bond acceptors (Lipinski definition) is 3. The van der Waals surface area contributed by atoms with Crippen LogP contribution in [0, 0.1) is 0 Å². The molecule has 0 aliphatic heterocycles. The average Bonchev–Trinajstić information content (AvgIpc) is 2.59. The van der Waals surface area contributed by atoms with Crippen molar-refractivity contribution < 1.29 is 14.6 Å². The van der Waals surface area contributed by atoms with Crippen LogP contribution in [0.25, 0.3) is 0 Å². The summed E-state index contributed by atoms with van der Waals surface area (Å²) in [6, 6.07) is 6.08. The predicted molar refractivity (Wildman–Crippen MR) is 99.4 cm³/mol. The zero-order valence-electron chi connectivity index (χ0n) is 15.0. The molecule has 1 aromatic carbocycles. The maximum absolute atomic E-state index is 11.7. The molecular formula is C21H32O3. The lowest BCUT2D eigenvalue weighted by atomic mass is 10.1. The van der Waals surface area contributed by atoms with Crippen LogP contribution >= 0.6 is 0 Å². The van der Waals surface area contributed by atoms with Gasteiger partial charge >= 0.3 is 5.97 Å². The molecular weight excluding hydrogens is 300 g/mol. The number of rotatable bonds is 13. The maximum Gasteiger partial charge on any atom is 0.338 e. The van der Waals surface area contributed by atoms with Gasteiger partial charge in [-0.25, -0.2) is 4.79 Å². The fourth-order valence-corrected chi connectivity index (χ4v) is 2.56. The molecule has 0 saturated heterocycles. The highest BCUT2D eigenvalue weighted by Gasteiger charge is 2.05. The molecule has 0 aromatic heterocycles. The first-order valence-electron chi connectivity index (χ1n) is 9.35. The summed E-state index contributed by atoms with van der Waals surface area (Å²) in [5, 5.41) is 9.17. The van der Waals surface area contributed by atoms with Crippen molar-refractivity contribution in [3.05, 3.63) is 42.0 Å². The molecule has 1 rings (SSSR count). The number of hydrogen-bond donors (Lipinski definition) is 1. The Hall–Kier alpha value is -1.77. The van der Waals surface area contributed by atoms with Crippen molar-refractivity contribution in [1.82, 2.24) is 0 Å². The van der Waals surface area contributed by atoms with Gasteiger partial charge in [0.2, 0.25) is 0 Å². The lowest BCUT2D eigenvalue weighted by molar-refractivity contribution is 0.0549. The van der Waals surface area contributed by atoms with E-state index in [4.69, 9.17) is 4.74 Å². The van der Waals surface area contributed by atoms with E-state index in [0.717, 1.165) is 6.42 Å². The van der Waals surface area contributed by atoms with E-state index in [0.29, 0.717) is 12.2 Å². The Morgan fingerprint density at radius 3 is 2.12 bits per heavy atom. The van der Waals surface area contributed by atoms with Gasteiger partial charge in [0.05, 0.1) is 5.56 Å². The van der Waals surface area contributed by atoms with Gasteiger partial charge < -0.3 is 9.84 Å². The Morgan fingerprint density at radius 1 is 0.917 bits per heavy atom. The monoisotopic (exact) mass is 332 g/mol. The molecule has 3 nitrogen and oxygen atoms in total. The molecule has 0 heterocycles. The van der Waals surface area contributed by atoms with Crippen molar-refractivity contribution in [2.75, 3.05) is 6.61 Å². The van der Waals surface area contributed by atoms with Gasteiger partial charge in [-0.2, -0.15) is 0 Å². The summed E-state index contributed by atoms with van der Waals surface area (Å²) in [4.78, 5) is 11.7. The van der Waals surface area contributed by atoms with Crippen LogP contribution in [0.3, 0.4) is 0 Å². The van der Waals surface area contributed by atoms with Crippen LogP contribution in [0.1, 0.15) is 81.5 Å². The molecule has 24 heavy (non-hydrogen) atoms. The molecule has 0 aliphatic carbocycles. The van der Waals surface area contributed by atoms with E-state index >= 15 is 0 Å². The SMILES string of the molecule is CCCCCCCCCCC/C=C/COC(=O)c1ccc(O)cc1. The number of allylic oxidation sites excluding steroid dienone is 1. The van der Waals surface area contributed by atoms with Crippen molar-refractivity contribution in [2.24, 2.45) is 0 Å². The van der Waals surface area contributed by atoms with E-state index in [9.17, 15) is 9.90 Å². The highest BCUT2D eigenvalue weighted by molar-refractivity contribution is 5.89. The molecule has 0 fully saturated rings. The van der Waals surface area contributed by atoms with E-state index in [-0.39, 0.29) is 11.7 Å². The Labute approximate surface area is 146 Å².